The Kier molecular flexibility index (Phi) is 4.46. The number of carbonyl (C=O) groups is 1. The predicted molar refractivity (Wildman–Crippen MR) is 77.3 cm³/mol. The first-order valence-electron chi connectivity index (χ1n) is 8.45. The molecule has 0 aromatic heterocycles. The summed E-state index contributed by atoms with van der Waals surface area (Å²) in [4.78, 5) is 11.4. The van der Waals surface area contributed by atoms with Crippen LogP contribution in [0.25, 0.3) is 0 Å². The Morgan fingerprint density at radius 2 is 1.50 bits per heavy atom. The number of ether oxygens (including phenoxy) is 2. The van der Waals surface area contributed by atoms with E-state index in [0.29, 0.717) is 11.7 Å². The van der Waals surface area contributed by atoms with Crippen molar-refractivity contribution in [1.29, 1.82) is 0 Å². The fourth-order valence-corrected chi connectivity index (χ4v) is 4.41. The summed E-state index contributed by atoms with van der Waals surface area (Å²) < 4.78 is 11.6. The van der Waals surface area contributed by atoms with Crippen molar-refractivity contribution >= 4 is 5.78 Å². The molecule has 2 aliphatic carbocycles. The van der Waals surface area contributed by atoms with Gasteiger partial charge in [0.25, 0.3) is 0 Å². The zero-order valence-electron chi connectivity index (χ0n) is 12.7. The van der Waals surface area contributed by atoms with Crippen molar-refractivity contribution in [2.24, 2.45) is 17.8 Å². The molecular formula is C17H28O3. The van der Waals surface area contributed by atoms with Gasteiger partial charge in [-0.1, -0.05) is 0 Å². The minimum Gasteiger partial charge on any atom is -0.348 e. The van der Waals surface area contributed by atoms with Crippen LogP contribution in [0.4, 0.5) is 0 Å². The number of hydrogen-bond donors (Lipinski definition) is 0. The second-order valence-electron chi connectivity index (χ2n) is 7.11. The van der Waals surface area contributed by atoms with Crippen LogP contribution in [0, 0.1) is 17.8 Å². The molecule has 1 heterocycles. The second kappa shape index (κ2) is 6.15. The van der Waals surface area contributed by atoms with Crippen molar-refractivity contribution in [2.75, 3.05) is 13.2 Å². The molecule has 1 spiro atoms. The molecule has 3 fully saturated rings. The van der Waals surface area contributed by atoms with Crippen LogP contribution in [0.15, 0.2) is 0 Å². The quantitative estimate of drug-likeness (QED) is 0.790. The van der Waals surface area contributed by atoms with E-state index in [-0.39, 0.29) is 5.79 Å². The lowest BCUT2D eigenvalue weighted by atomic mass is 9.73. The van der Waals surface area contributed by atoms with Crippen LogP contribution in [-0.2, 0) is 14.3 Å². The first-order valence-corrected chi connectivity index (χ1v) is 8.45. The molecule has 0 aromatic carbocycles. The molecule has 0 aromatic rings. The van der Waals surface area contributed by atoms with Gasteiger partial charge >= 0.3 is 0 Å². The average molecular weight is 280 g/mol. The lowest BCUT2D eigenvalue weighted by Crippen LogP contribution is -2.35. The molecule has 20 heavy (non-hydrogen) atoms. The summed E-state index contributed by atoms with van der Waals surface area (Å²) >= 11 is 0. The molecular weight excluding hydrogens is 252 g/mol. The normalized spacial score (nSPS) is 34.5. The average Bonchev–Trinajstić information content (AvgIpc) is 2.91. The smallest absolute Gasteiger partial charge is 0.168 e. The van der Waals surface area contributed by atoms with E-state index in [2.05, 4.69) is 0 Å². The highest BCUT2D eigenvalue weighted by Crippen LogP contribution is 2.42. The van der Waals surface area contributed by atoms with Gasteiger partial charge in [0.2, 0.25) is 0 Å². The minimum absolute atomic E-state index is 0.206. The molecule has 0 N–H and O–H groups in total. The summed E-state index contributed by atoms with van der Waals surface area (Å²) in [5.74, 6) is 2.27. The Morgan fingerprint density at radius 3 is 2.05 bits per heavy atom. The third-order valence-electron chi connectivity index (χ3n) is 5.77. The summed E-state index contributed by atoms with van der Waals surface area (Å²) in [5.41, 5.74) is 0. The Bertz CT molecular complexity index is 328. The number of Topliss-reactive ketones (excluding diaryl/α,β-unsaturated/α-hetero) is 1. The molecule has 114 valence electrons. The molecule has 3 heteroatoms. The van der Waals surface area contributed by atoms with Crippen LogP contribution in [0.2, 0.25) is 0 Å². The van der Waals surface area contributed by atoms with E-state index >= 15 is 0 Å². The molecule has 3 nitrogen and oxygen atoms in total. The van der Waals surface area contributed by atoms with E-state index in [1.54, 1.807) is 6.92 Å². The molecule has 3 aliphatic rings. The molecule has 0 amide bonds. The molecule has 2 saturated carbocycles. The van der Waals surface area contributed by atoms with E-state index in [4.69, 9.17) is 9.47 Å². The summed E-state index contributed by atoms with van der Waals surface area (Å²) in [7, 11) is 0. The Morgan fingerprint density at radius 1 is 0.950 bits per heavy atom. The zero-order valence-corrected chi connectivity index (χ0v) is 12.7. The van der Waals surface area contributed by atoms with E-state index in [9.17, 15) is 4.79 Å². The summed E-state index contributed by atoms with van der Waals surface area (Å²) in [5, 5.41) is 0. The summed E-state index contributed by atoms with van der Waals surface area (Å²) in [6.45, 7) is 3.31. The van der Waals surface area contributed by atoms with Crippen LogP contribution in [0.3, 0.4) is 0 Å². The Labute approximate surface area is 122 Å². The maximum atomic E-state index is 11.4. The molecule has 1 saturated heterocycles. The van der Waals surface area contributed by atoms with Crippen molar-refractivity contribution < 1.29 is 14.3 Å². The lowest BCUT2D eigenvalue weighted by Gasteiger charge is -2.37. The molecule has 0 bridgehead atoms. The Balaban J connectivity index is 1.41. The zero-order chi connectivity index (χ0) is 14.0. The highest BCUT2D eigenvalue weighted by atomic mass is 16.7. The molecule has 0 atom stereocenters. The van der Waals surface area contributed by atoms with Crippen molar-refractivity contribution in [1.82, 2.24) is 0 Å². The van der Waals surface area contributed by atoms with Crippen LogP contribution in [0.5, 0.6) is 0 Å². The molecule has 0 unspecified atom stereocenters. The predicted octanol–water partition coefficient (Wildman–Crippen LogP) is 3.71. The fourth-order valence-electron chi connectivity index (χ4n) is 4.41. The molecule has 0 radical (unpaired) electrons. The lowest BCUT2D eigenvalue weighted by molar-refractivity contribution is -0.183. The van der Waals surface area contributed by atoms with Gasteiger partial charge < -0.3 is 9.47 Å². The van der Waals surface area contributed by atoms with Crippen molar-refractivity contribution in [3.8, 4) is 0 Å². The minimum atomic E-state index is -0.206. The van der Waals surface area contributed by atoms with Gasteiger partial charge in [-0.25, -0.2) is 0 Å². The number of hydrogen-bond acceptors (Lipinski definition) is 3. The van der Waals surface area contributed by atoms with Crippen LogP contribution in [0.1, 0.15) is 64.7 Å². The molecule has 3 rings (SSSR count). The standard InChI is InChI=1S/C17H28O3/c1-13(18)16-4-2-14(3-5-16)12-15-6-8-17(9-7-15)19-10-11-20-17/h14-16H,2-12H2,1H3. The first kappa shape index (κ1) is 14.5. The van der Waals surface area contributed by atoms with Gasteiger partial charge in [-0.3, -0.25) is 4.79 Å². The first-order chi connectivity index (χ1) is 9.67. The molecule has 1 aliphatic heterocycles. The van der Waals surface area contributed by atoms with Gasteiger partial charge in [0.1, 0.15) is 5.78 Å². The number of rotatable bonds is 3. The topological polar surface area (TPSA) is 35.5 Å². The number of carbonyl (C=O) groups excluding carboxylic acids is 1. The van der Waals surface area contributed by atoms with Gasteiger partial charge in [-0.05, 0) is 63.7 Å². The summed E-state index contributed by atoms with van der Waals surface area (Å²) in [6, 6.07) is 0. The van der Waals surface area contributed by atoms with Crippen LogP contribution >= 0.6 is 0 Å². The highest BCUT2D eigenvalue weighted by molar-refractivity contribution is 5.78. The Hall–Kier alpha value is -0.410. The third-order valence-corrected chi connectivity index (χ3v) is 5.77. The second-order valence-corrected chi connectivity index (χ2v) is 7.11. The van der Waals surface area contributed by atoms with Crippen molar-refractivity contribution in [3.05, 3.63) is 0 Å². The maximum Gasteiger partial charge on any atom is 0.168 e. The SMILES string of the molecule is CC(=O)C1CCC(CC2CCC3(CC2)OCCO3)CC1. The van der Waals surface area contributed by atoms with Crippen LogP contribution < -0.4 is 0 Å². The van der Waals surface area contributed by atoms with E-state index < -0.39 is 0 Å². The van der Waals surface area contributed by atoms with Gasteiger partial charge in [0, 0.05) is 18.8 Å². The fraction of sp³-hybridized carbons (Fsp3) is 0.941. The summed E-state index contributed by atoms with van der Waals surface area (Å²) in [6.07, 6.45) is 10.8. The van der Waals surface area contributed by atoms with Crippen molar-refractivity contribution in [2.45, 2.75) is 70.5 Å². The van der Waals surface area contributed by atoms with Crippen molar-refractivity contribution in [3.63, 3.8) is 0 Å². The van der Waals surface area contributed by atoms with Gasteiger partial charge in [0.05, 0.1) is 13.2 Å². The highest BCUT2D eigenvalue weighted by Gasteiger charge is 2.40. The largest absolute Gasteiger partial charge is 0.348 e. The monoisotopic (exact) mass is 280 g/mol. The van der Waals surface area contributed by atoms with Crippen LogP contribution in [-0.4, -0.2) is 24.8 Å². The maximum absolute atomic E-state index is 11.4. The van der Waals surface area contributed by atoms with Gasteiger partial charge in [0.15, 0.2) is 5.79 Å². The van der Waals surface area contributed by atoms with Gasteiger partial charge in [-0.2, -0.15) is 0 Å². The van der Waals surface area contributed by atoms with E-state index in [0.717, 1.165) is 50.7 Å². The number of ketones is 1. The third kappa shape index (κ3) is 3.25. The van der Waals surface area contributed by atoms with Gasteiger partial charge in [-0.15, -0.1) is 0 Å². The van der Waals surface area contributed by atoms with E-state index in [1.165, 1.54) is 32.1 Å². The van der Waals surface area contributed by atoms with E-state index in [1.807, 2.05) is 0 Å².